The number of carbonyl (C=O) groups is 2. The molecule has 1 rings (SSSR count). The minimum atomic E-state index is -3.57. The van der Waals surface area contributed by atoms with Crippen LogP contribution in [0.1, 0.15) is 6.42 Å². The van der Waals surface area contributed by atoms with Gasteiger partial charge in [-0.05, 0) is 6.42 Å². The second-order valence-corrected chi connectivity index (χ2v) is 5.94. The Labute approximate surface area is 80.0 Å². The molecular weight excluding hydrogens is 211 g/mol. The lowest BCUT2D eigenvalue weighted by molar-refractivity contribution is -0.145. The summed E-state index contributed by atoms with van der Waals surface area (Å²) < 4.78 is 11.3. The minimum absolute atomic E-state index is 0.0603. The van der Waals surface area contributed by atoms with Crippen LogP contribution in [0.15, 0.2) is 0 Å². The molecule has 14 heavy (non-hydrogen) atoms. The quantitative estimate of drug-likeness (QED) is 0.569. The summed E-state index contributed by atoms with van der Waals surface area (Å²) in [5.74, 6) is -4.43. The normalized spacial score (nSPS) is 37.8. The van der Waals surface area contributed by atoms with Crippen LogP contribution in [0.4, 0.5) is 0 Å². The summed E-state index contributed by atoms with van der Waals surface area (Å²) in [6.45, 7) is 0. The van der Waals surface area contributed by atoms with Crippen LogP contribution >= 0.6 is 7.37 Å². The Morgan fingerprint density at radius 1 is 1.07 bits per heavy atom. The van der Waals surface area contributed by atoms with E-state index < -0.39 is 31.1 Å². The first kappa shape index (κ1) is 11.2. The van der Waals surface area contributed by atoms with Crippen molar-refractivity contribution in [1.29, 1.82) is 0 Å². The molecule has 0 aliphatic carbocycles. The molecule has 1 aliphatic rings. The van der Waals surface area contributed by atoms with Crippen molar-refractivity contribution in [2.24, 2.45) is 11.8 Å². The third kappa shape index (κ3) is 2.56. The summed E-state index contributed by atoms with van der Waals surface area (Å²) in [5, 5.41) is 17.3. The Bertz CT molecular complexity index is 285. The van der Waals surface area contributed by atoms with Crippen LogP contribution in [0.25, 0.3) is 0 Å². The summed E-state index contributed by atoms with van der Waals surface area (Å²) in [5.41, 5.74) is 0. The molecule has 0 aromatic heterocycles. The largest absolute Gasteiger partial charge is 0.481 e. The van der Waals surface area contributed by atoms with Gasteiger partial charge in [0.1, 0.15) is 0 Å². The smallest absolute Gasteiger partial charge is 0.307 e. The molecule has 2 unspecified atom stereocenters. The van der Waals surface area contributed by atoms with E-state index in [0.29, 0.717) is 0 Å². The summed E-state index contributed by atoms with van der Waals surface area (Å²) in [7, 11) is -3.57. The molecule has 0 aromatic carbocycles. The molecule has 0 aromatic rings. The molecule has 1 aliphatic heterocycles. The highest BCUT2D eigenvalue weighted by Gasteiger charge is 2.41. The maximum Gasteiger partial charge on any atom is 0.307 e. The topological polar surface area (TPSA) is 112 Å². The summed E-state index contributed by atoms with van der Waals surface area (Å²) in [6, 6.07) is 0. The number of rotatable bonds is 2. The van der Waals surface area contributed by atoms with Gasteiger partial charge in [0, 0.05) is 12.3 Å². The van der Waals surface area contributed by atoms with E-state index in [9.17, 15) is 19.0 Å². The molecule has 6 nitrogen and oxygen atoms in total. The van der Waals surface area contributed by atoms with Gasteiger partial charge < -0.3 is 15.1 Å². The van der Waals surface area contributed by atoms with E-state index in [1.54, 1.807) is 0 Å². The van der Waals surface area contributed by atoms with E-state index >= 15 is 0 Å². The molecule has 7 heteroatoms. The Kier molecular flexibility index (Phi) is 2.97. The van der Waals surface area contributed by atoms with Crippen molar-refractivity contribution in [3.05, 3.63) is 0 Å². The van der Waals surface area contributed by atoms with Crippen molar-refractivity contribution in [2.75, 3.05) is 12.3 Å². The Balaban J connectivity index is 2.82. The number of hydrogen-bond acceptors (Lipinski definition) is 3. The Hall–Kier alpha value is -0.870. The highest BCUT2D eigenvalue weighted by atomic mass is 31.2. The maximum absolute atomic E-state index is 11.3. The fourth-order valence-electron chi connectivity index (χ4n) is 1.61. The van der Waals surface area contributed by atoms with Gasteiger partial charge in [0.2, 0.25) is 7.37 Å². The summed E-state index contributed by atoms with van der Waals surface area (Å²) >= 11 is 0. The van der Waals surface area contributed by atoms with E-state index in [1.165, 1.54) is 0 Å². The van der Waals surface area contributed by atoms with Gasteiger partial charge in [-0.2, -0.15) is 0 Å². The molecular formula is C7H11O6P. The fraction of sp³-hybridized carbons (Fsp3) is 0.714. The Morgan fingerprint density at radius 3 is 1.71 bits per heavy atom. The molecule has 0 saturated carbocycles. The summed E-state index contributed by atoms with van der Waals surface area (Å²) in [6.07, 6.45) is -0.687. The second-order valence-electron chi connectivity index (χ2n) is 3.52. The van der Waals surface area contributed by atoms with Crippen LogP contribution < -0.4 is 0 Å². The van der Waals surface area contributed by atoms with Crippen LogP contribution in [0.5, 0.6) is 0 Å². The van der Waals surface area contributed by atoms with Crippen LogP contribution in [0, 0.1) is 11.8 Å². The number of aliphatic carboxylic acids is 2. The summed E-state index contributed by atoms with van der Waals surface area (Å²) in [4.78, 5) is 30.4. The average Bonchev–Trinajstić information content (AvgIpc) is 2.01. The van der Waals surface area contributed by atoms with E-state index in [0.717, 1.165) is 0 Å². The monoisotopic (exact) mass is 222 g/mol. The molecule has 1 heterocycles. The third-order valence-corrected chi connectivity index (χ3v) is 4.30. The first-order valence-electron chi connectivity index (χ1n) is 4.08. The molecule has 3 N–H and O–H groups in total. The lowest BCUT2D eigenvalue weighted by Crippen LogP contribution is -2.32. The van der Waals surface area contributed by atoms with Gasteiger partial charge in [-0.25, -0.2) is 0 Å². The highest BCUT2D eigenvalue weighted by Crippen LogP contribution is 2.50. The van der Waals surface area contributed by atoms with Gasteiger partial charge in [-0.3, -0.25) is 14.2 Å². The first-order chi connectivity index (χ1) is 6.32. The predicted molar refractivity (Wildman–Crippen MR) is 46.4 cm³/mol. The molecule has 2 atom stereocenters. The lowest BCUT2D eigenvalue weighted by atomic mass is 9.97. The Morgan fingerprint density at radius 2 is 1.43 bits per heavy atom. The number of carboxylic acids is 2. The first-order valence-corrected chi connectivity index (χ1v) is 6.11. The standard InChI is InChI=1S/C7H11O6P/c8-6(9)4-1-5(7(10)11)3-14(12,13)2-4/h4-5H,1-3H2,(H,8,9)(H,10,11)(H,12,13). The molecule has 0 bridgehead atoms. The van der Waals surface area contributed by atoms with Gasteiger partial charge in [0.25, 0.3) is 0 Å². The molecule has 1 saturated heterocycles. The van der Waals surface area contributed by atoms with Crippen molar-refractivity contribution in [1.82, 2.24) is 0 Å². The van der Waals surface area contributed by atoms with Crippen molar-refractivity contribution in [2.45, 2.75) is 6.42 Å². The maximum atomic E-state index is 11.3. The lowest BCUT2D eigenvalue weighted by Gasteiger charge is -2.27. The predicted octanol–water partition coefficient (Wildman–Crippen LogP) is 0.0621. The molecule has 0 radical (unpaired) electrons. The zero-order chi connectivity index (χ0) is 10.9. The van der Waals surface area contributed by atoms with Gasteiger partial charge in [-0.1, -0.05) is 0 Å². The average molecular weight is 222 g/mol. The van der Waals surface area contributed by atoms with Crippen LogP contribution in [0.3, 0.4) is 0 Å². The van der Waals surface area contributed by atoms with Crippen LogP contribution in [-0.4, -0.2) is 39.4 Å². The second kappa shape index (κ2) is 3.71. The van der Waals surface area contributed by atoms with Crippen molar-refractivity contribution < 1.29 is 29.3 Å². The van der Waals surface area contributed by atoms with Crippen molar-refractivity contribution >= 4 is 19.3 Å². The third-order valence-electron chi connectivity index (χ3n) is 2.28. The van der Waals surface area contributed by atoms with Gasteiger partial charge in [-0.15, -0.1) is 0 Å². The minimum Gasteiger partial charge on any atom is -0.481 e. The molecule has 0 amide bonds. The SMILES string of the molecule is O=C(O)C1CC(C(=O)O)CP(=O)(O)C1. The molecule has 0 spiro atoms. The van der Waals surface area contributed by atoms with E-state index in [4.69, 9.17) is 10.2 Å². The zero-order valence-electron chi connectivity index (χ0n) is 7.29. The number of carboxylic acid groups (broad SMARTS) is 2. The molecule has 1 fully saturated rings. The van der Waals surface area contributed by atoms with Gasteiger partial charge >= 0.3 is 11.9 Å². The fourth-order valence-corrected chi connectivity index (χ4v) is 3.75. The van der Waals surface area contributed by atoms with E-state index in [-0.39, 0.29) is 18.7 Å². The molecule has 80 valence electrons. The highest BCUT2D eigenvalue weighted by molar-refractivity contribution is 7.58. The van der Waals surface area contributed by atoms with Crippen molar-refractivity contribution in [3.63, 3.8) is 0 Å². The van der Waals surface area contributed by atoms with Crippen LogP contribution in [-0.2, 0) is 14.2 Å². The zero-order valence-corrected chi connectivity index (χ0v) is 8.18. The van der Waals surface area contributed by atoms with E-state index in [1.807, 2.05) is 0 Å². The number of hydrogen-bond donors (Lipinski definition) is 3. The van der Waals surface area contributed by atoms with Gasteiger partial charge in [0.15, 0.2) is 0 Å². The van der Waals surface area contributed by atoms with E-state index in [2.05, 4.69) is 0 Å². The van der Waals surface area contributed by atoms with Crippen LogP contribution in [0.2, 0.25) is 0 Å². The van der Waals surface area contributed by atoms with Gasteiger partial charge in [0.05, 0.1) is 11.8 Å². The van der Waals surface area contributed by atoms with Crippen molar-refractivity contribution in [3.8, 4) is 0 Å².